The quantitative estimate of drug-likeness (QED) is 0.320. The number of hydrogen-bond acceptors (Lipinski definition) is 11. The first-order chi connectivity index (χ1) is 19.3. The molecule has 0 aromatic carbocycles. The van der Waals surface area contributed by atoms with Gasteiger partial charge in [0.15, 0.2) is 0 Å². The highest BCUT2D eigenvalue weighted by Gasteiger charge is 2.47. The third-order valence-electron chi connectivity index (χ3n) is 6.03. The topological polar surface area (TPSA) is 207 Å². The van der Waals surface area contributed by atoms with Gasteiger partial charge in [-0.1, -0.05) is 0 Å². The van der Waals surface area contributed by atoms with E-state index in [0.717, 1.165) is 0 Å². The average molecular weight is 621 g/mol. The van der Waals surface area contributed by atoms with E-state index in [0.29, 0.717) is 0 Å². The monoisotopic (exact) mass is 620 g/mol. The predicted molar refractivity (Wildman–Crippen MR) is 151 cm³/mol. The lowest BCUT2D eigenvalue weighted by Gasteiger charge is -2.24. The van der Waals surface area contributed by atoms with Crippen molar-refractivity contribution in [1.29, 1.82) is 0 Å². The molecule has 43 heavy (non-hydrogen) atoms. The van der Waals surface area contributed by atoms with Crippen molar-refractivity contribution in [1.82, 2.24) is 9.80 Å². The van der Waals surface area contributed by atoms with Crippen molar-refractivity contribution in [3.05, 3.63) is 0 Å². The fourth-order valence-corrected chi connectivity index (χ4v) is 4.27. The molecule has 15 nitrogen and oxygen atoms in total. The Morgan fingerprint density at radius 2 is 0.837 bits per heavy atom. The lowest BCUT2D eigenvalue weighted by molar-refractivity contribution is -0.157. The molecule has 3 N–H and O–H groups in total. The Labute approximate surface area is 252 Å². The summed E-state index contributed by atoms with van der Waals surface area (Å²) in [4.78, 5) is 73.6. The first kappa shape index (κ1) is 39.4. The summed E-state index contributed by atoms with van der Waals surface area (Å²) in [5, 5.41) is 9.15. The molecule has 4 atom stereocenters. The van der Waals surface area contributed by atoms with E-state index in [1.807, 2.05) is 0 Å². The Kier molecular flexibility index (Phi) is 15.5. The van der Waals surface area contributed by atoms with Crippen LogP contribution in [0, 0.1) is 23.7 Å². The van der Waals surface area contributed by atoms with Crippen molar-refractivity contribution in [3.8, 4) is 0 Å². The van der Waals surface area contributed by atoms with Crippen LogP contribution in [0.5, 0.6) is 0 Å². The highest BCUT2D eigenvalue weighted by molar-refractivity contribution is 5.85. The zero-order chi connectivity index (χ0) is 32.4. The molecule has 2 aliphatic heterocycles. The Morgan fingerprint density at radius 3 is 1.07 bits per heavy atom. The van der Waals surface area contributed by atoms with E-state index in [-0.39, 0.29) is 51.5 Å². The lowest BCUT2D eigenvalue weighted by atomic mass is 9.96. The minimum Gasteiger partial charge on any atom is -0.481 e. The summed E-state index contributed by atoms with van der Waals surface area (Å²) in [7, 11) is 0. The zero-order valence-corrected chi connectivity index (χ0v) is 26.6. The van der Waals surface area contributed by atoms with Gasteiger partial charge in [-0.05, 0) is 62.3 Å². The standard InChI is InChI=1S/C15H25NO6.C13H21NO6.H2O/c1-6-20-12(17)10-8-16(14(19)22-15(3,4)5)9-11(10)13(18)21-7-2;1-5-19-11(17)9-7-14(6-8(9)10(15)16)12(18)20-13(2,3)4;/h10-11H,6-9H2,1-5H3;8-9H,5-7H2,1-4H3,(H,15,16);1H2/t10-,11-;8-,9-;/m00./s1. The first-order valence-electron chi connectivity index (χ1n) is 14.0. The Hall–Kier alpha value is -3.62. The van der Waals surface area contributed by atoms with Crippen LogP contribution < -0.4 is 0 Å². The predicted octanol–water partition coefficient (Wildman–Crippen LogP) is 1.89. The van der Waals surface area contributed by atoms with E-state index in [1.165, 1.54) is 9.80 Å². The number of carbonyl (C=O) groups excluding carboxylic acids is 5. The average Bonchev–Trinajstić information content (AvgIpc) is 3.49. The Balaban J connectivity index is 0.000000805. The van der Waals surface area contributed by atoms with Crippen molar-refractivity contribution in [2.45, 2.75) is 73.5 Å². The van der Waals surface area contributed by atoms with Gasteiger partial charge in [0.05, 0.1) is 43.5 Å². The second-order valence-electron chi connectivity index (χ2n) is 11.8. The van der Waals surface area contributed by atoms with Gasteiger partial charge in [0.25, 0.3) is 0 Å². The molecule has 2 saturated heterocycles. The van der Waals surface area contributed by atoms with Gasteiger partial charge >= 0.3 is 36.1 Å². The van der Waals surface area contributed by atoms with E-state index >= 15 is 0 Å². The minimum atomic E-state index is -1.12. The molecular weight excluding hydrogens is 572 g/mol. The number of carbonyl (C=O) groups is 6. The summed E-state index contributed by atoms with van der Waals surface area (Å²) in [6.07, 6.45) is -1.16. The van der Waals surface area contributed by atoms with Crippen LogP contribution in [-0.2, 0) is 42.9 Å². The van der Waals surface area contributed by atoms with Crippen molar-refractivity contribution in [2.75, 3.05) is 46.0 Å². The molecule has 2 fully saturated rings. The zero-order valence-electron chi connectivity index (χ0n) is 26.6. The molecule has 2 heterocycles. The molecule has 0 aromatic rings. The molecule has 2 amide bonds. The number of ether oxygens (including phenoxy) is 5. The van der Waals surface area contributed by atoms with Gasteiger partial charge in [0, 0.05) is 26.2 Å². The molecule has 248 valence electrons. The van der Waals surface area contributed by atoms with Gasteiger partial charge in [-0.3, -0.25) is 19.2 Å². The van der Waals surface area contributed by atoms with E-state index in [9.17, 15) is 28.8 Å². The van der Waals surface area contributed by atoms with Crippen LogP contribution in [-0.4, -0.2) is 114 Å². The largest absolute Gasteiger partial charge is 0.481 e. The van der Waals surface area contributed by atoms with Crippen LogP contribution in [0.2, 0.25) is 0 Å². The summed E-state index contributed by atoms with van der Waals surface area (Å²) in [6, 6.07) is 0. The molecule has 0 spiro atoms. The summed E-state index contributed by atoms with van der Waals surface area (Å²) >= 11 is 0. The number of aliphatic carboxylic acids is 1. The molecule has 0 radical (unpaired) electrons. The van der Waals surface area contributed by atoms with Gasteiger partial charge in [0.2, 0.25) is 0 Å². The fraction of sp³-hybridized carbons (Fsp3) is 0.786. The van der Waals surface area contributed by atoms with E-state index in [1.54, 1.807) is 62.3 Å². The molecule has 2 aliphatic rings. The fourth-order valence-electron chi connectivity index (χ4n) is 4.27. The number of esters is 3. The smallest absolute Gasteiger partial charge is 0.410 e. The van der Waals surface area contributed by atoms with Crippen molar-refractivity contribution >= 4 is 36.1 Å². The maximum atomic E-state index is 12.1. The molecule has 0 bridgehead atoms. The first-order valence-corrected chi connectivity index (χ1v) is 14.0. The molecule has 15 heteroatoms. The molecule has 0 unspecified atom stereocenters. The summed E-state index contributed by atoms with van der Waals surface area (Å²) in [5.41, 5.74) is -1.31. The van der Waals surface area contributed by atoms with Crippen LogP contribution in [0.3, 0.4) is 0 Å². The van der Waals surface area contributed by atoms with Crippen LogP contribution in [0.1, 0.15) is 62.3 Å². The third kappa shape index (κ3) is 12.6. The molecule has 0 saturated carbocycles. The molecule has 0 aromatic heterocycles. The number of carboxylic acids is 1. The highest BCUT2D eigenvalue weighted by atomic mass is 16.6. The summed E-state index contributed by atoms with van der Waals surface area (Å²) in [5.74, 6) is -5.93. The number of rotatable bonds is 7. The van der Waals surface area contributed by atoms with Crippen molar-refractivity contribution in [2.24, 2.45) is 23.7 Å². The second-order valence-corrected chi connectivity index (χ2v) is 11.8. The SMILES string of the molecule is CCOC(=O)[C@H]1CN(C(=O)OC(C)(C)C)C[C@@H]1C(=O)O.CCOC(=O)[C@H]1CN(C(=O)OC(C)(C)C)C[C@@H]1C(=O)OCC.O. The van der Waals surface area contributed by atoms with Crippen LogP contribution in [0.25, 0.3) is 0 Å². The molecule has 2 rings (SSSR count). The molecule has 0 aliphatic carbocycles. The third-order valence-corrected chi connectivity index (χ3v) is 6.03. The van der Waals surface area contributed by atoms with Gasteiger partial charge in [0.1, 0.15) is 11.2 Å². The maximum Gasteiger partial charge on any atom is 0.410 e. The Bertz CT molecular complexity index is 960. The van der Waals surface area contributed by atoms with Gasteiger partial charge < -0.3 is 44.1 Å². The molecular formula is C28H48N2O13. The van der Waals surface area contributed by atoms with Crippen molar-refractivity contribution < 1.29 is 63.0 Å². The minimum absolute atomic E-state index is 0. The van der Waals surface area contributed by atoms with Crippen LogP contribution in [0.15, 0.2) is 0 Å². The number of carboxylic acid groups (broad SMARTS) is 1. The number of likely N-dealkylation sites (tertiary alicyclic amines) is 2. The lowest BCUT2D eigenvalue weighted by Crippen LogP contribution is -2.36. The van der Waals surface area contributed by atoms with Gasteiger partial charge in [-0.15, -0.1) is 0 Å². The van der Waals surface area contributed by atoms with Gasteiger partial charge in [-0.2, -0.15) is 0 Å². The van der Waals surface area contributed by atoms with Gasteiger partial charge in [-0.25, -0.2) is 9.59 Å². The van der Waals surface area contributed by atoms with Crippen LogP contribution in [0.4, 0.5) is 9.59 Å². The van der Waals surface area contributed by atoms with E-state index in [2.05, 4.69) is 0 Å². The highest BCUT2D eigenvalue weighted by Crippen LogP contribution is 2.28. The van der Waals surface area contributed by atoms with E-state index in [4.69, 9.17) is 28.8 Å². The number of nitrogens with zero attached hydrogens (tertiary/aromatic N) is 2. The Morgan fingerprint density at radius 1 is 0.581 bits per heavy atom. The summed E-state index contributed by atoms with van der Waals surface area (Å²) < 4.78 is 25.3. The maximum absolute atomic E-state index is 12.1. The van der Waals surface area contributed by atoms with E-state index < -0.39 is 70.9 Å². The summed E-state index contributed by atoms with van der Waals surface area (Å²) in [6.45, 7) is 16.2. The second kappa shape index (κ2) is 16.9. The number of amides is 2. The normalized spacial score (nSPS) is 21.4. The number of hydrogen-bond donors (Lipinski definition) is 1. The van der Waals surface area contributed by atoms with Crippen molar-refractivity contribution in [3.63, 3.8) is 0 Å². The van der Waals surface area contributed by atoms with Crippen LogP contribution >= 0.6 is 0 Å².